The molecule has 0 radical (unpaired) electrons. The standard InChI is InChI=1S/C24H24O6/c1-11-9-18(25)30-17-10-15(7-8-16(11)17)20(23(28)29)24(5,6)19-14(4)21(26)12(2)13(3)22(19)27/h7-10,20H,1-6H3,(H,28,29). The fraction of sp³-hybridized carbons (Fsp3) is 0.333. The highest BCUT2D eigenvalue weighted by Crippen LogP contribution is 2.46. The zero-order valence-electron chi connectivity index (χ0n) is 17.9. The lowest BCUT2D eigenvalue weighted by Crippen LogP contribution is -2.37. The van der Waals surface area contributed by atoms with E-state index in [2.05, 4.69) is 0 Å². The van der Waals surface area contributed by atoms with E-state index in [0.29, 0.717) is 22.1 Å². The maximum atomic E-state index is 13.1. The fourth-order valence-corrected chi connectivity index (χ4v) is 4.40. The first-order chi connectivity index (χ1) is 13.9. The second-order valence-corrected chi connectivity index (χ2v) is 8.41. The number of hydrogen-bond acceptors (Lipinski definition) is 5. The molecule has 6 heteroatoms. The predicted octanol–water partition coefficient (Wildman–Crippen LogP) is 4.10. The van der Waals surface area contributed by atoms with Gasteiger partial charge >= 0.3 is 11.6 Å². The van der Waals surface area contributed by atoms with Crippen LogP contribution in [0.3, 0.4) is 0 Å². The van der Waals surface area contributed by atoms with E-state index in [1.165, 1.54) is 12.1 Å². The highest BCUT2D eigenvalue weighted by molar-refractivity contribution is 6.25. The molecule has 0 saturated heterocycles. The number of carbonyl (C=O) groups excluding carboxylic acids is 2. The average molecular weight is 408 g/mol. The van der Waals surface area contributed by atoms with Gasteiger partial charge in [-0.25, -0.2) is 4.79 Å². The fourth-order valence-electron chi connectivity index (χ4n) is 4.40. The summed E-state index contributed by atoms with van der Waals surface area (Å²) in [5.41, 5.74) is 0.859. The van der Waals surface area contributed by atoms with E-state index in [9.17, 15) is 24.3 Å². The van der Waals surface area contributed by atoms with Gasteiger partial charge in [0.1, 0.15) is 5.58 Å². The Morgan fingerprint density at radius 2 is 1.53 bits per heavy atom. The molecule has 0 bridgehead atoms. The third kappa shape index (κ3) is 3.22. The van der Waals surface area contributed by atoms with Crippen molar-refractivity contribution in [2.24, 2.45) is 5.41 Å². The van der Waals surface area contributed by atoms with Gasteiger partial charge in [0.25, 0.3) is 0 Å². The van der Waals surface area contributed by atoms with Gasteiger partial charge in [0, 0.05) is 39.2 Å². The van der Waals surface area contributed by atoms with Gasteiger partial charge in [0.05, 0.1) is 5.92 Å². The lowest BCUT2D eigenvalue weighted by molar-refractivity contribution is -0.141. The SMILES string of the molecule is CC1=C(C)C(=O)C(C(C)(C)C(C(=O)O)c2ccc3c(C)cc(=O)oc3c2)=C(C)C1=O. The predicted molar refractivity (Wildman–Crippen MR) is 112 cm³/mol. The van der Waals surface area contributed by atoms with E-state index in [-0.39, 0.29) is 28.3 Å². The number of benzene rings is 1. The van der Waals surface area contributed by atoms with Crippen molar-refractivity contribution in [2.75, 3.05) is 0 Å². The van der Waals surface area contributed by atoms with Crippen LogP contribution in [-0.4, -0.2) is 22.6 Å². The smallest absolute Gasteiger partial charge is 0.336 e. The van der Waals surface area contributed by atoms with Gasteiger partial charge in [-0.05, 0) is 44.9 Å². The third-order valence-corrected chi connectivity index (χ3v) is 6.11. The van der Waals surface area contributed by atoms with Gasteiger partial charge < -0.3 is 9.52 Å². The number of aryl methyl sites for hydroxylation is 1. The quantitative estimate of drug-likeness (QED) is 0.604. The molecule has 1 unspecified atom stereocenters. The van der Waals surface area contributed by atoms with Crippen LogP contribution in [0.5, 0.6) is 0 Å². The first kappa shape index (κ1) is 21.4. The molecule has 1 aliphatic carbocycles. The topological polar surface area (TPSA) is 102 Å². The van der Waals surface area contributed by atoms with Crippen molar-refractivity contribution in [3.8, 4) is 0 Å². The summed E-state index contributed by atoms with van der Waals surface area (Å²) in [7, 11) is 0. The van der Waals surface area contributed by atoms with Crippen molar-refractivity contribution in [1.82, 2.24) is 0 Å². The van der Waals surface area contributed by atoms with E-state index in [1.54, 1.807) is 53.7 Å². The number of carboxylic acids is 1. The van der Waals surface area contributed by atoms with Crippen molar-refractivity contribution in [2.45, 2.75) is 47.5 Å². The molecule has 0 amide bonds. The van der Waals surface area contributed by atoms with Crippen molar-refractivity contribution in [3.05, 3.63) is 68.1 Å². The molecule has 30 heavy (non-hydrogen) atoms. The zero-order valence-corrected chi connectivity index (χ0v) is 17.9. The van der Waals surface area contributed by atoms with Crippen LogP contribution in [-0.2, 0) is 14.4 Å². The van der Waals surface area contributed by atoms with Crippen LogP contribution in [0, 0.1) is 12.3 Å². The van der Waals surface area contributed by atoms with Crippen LogP contribution in [0.1, 0.15) is 51.7 Å². The number of carbonyl (C=O) groups is 3. The zero-order chi connectivity index (χ0) is 22.5. The van der Waals surface area contributed by atoms with E-state index in [1.807, 2.05) is 0 Å². The summed E-state index contributed by atoms with van der Waals surface area (Å²) in [6.07, 6.45) is 0. The second kappa shape index (κ2) is 7.20. The molecule has 2 aromatic rings. The molecule has 1 atom stereocenters. The summed E-state index contributed by atoms with van der Waals surface area (Å²) >= 11 is 0. The minimum Gasteiger partial charge on any atom is -0.481 e. The number of allylic oxidation sites excluding steroid dienone is 4. The molecule has 1 aliphatic rings. The number of ketones is 2. The van der Waals surface area contributed by atoms with Crippen LogP contribution < -0.4 is 5.63 Å². The van der Waals surface area contributed by atoms with Crippen LogP contribution in [0.25, 0.3) is 11.0 Å². The summed E-state index contributed by atoms with van der Waals surface area (Å²) in [6, 6.07) is 6.27. The van der Waals surface area contributed by atoms with Gasteiger partial charge in [0.15, 0.2) is 11.6 Å². The lowest BCUT2D eigenvalue weighted by atomic mass is 9.64. The molecular formula is C24H24O6. The van der Waals surface area contributed by atoms with Gasteiger partial charge in [-0.2, -0.15) is 0 Å². The van der Waals surface area contributed by atoms with E-state index in [4.69, 9.17) is 4.42 Å². The molecule has 0 saturated carbocycles. The van der Waals surface area contributed by atoms with Crippen LogP contribution in [0.15, 0.2) is 55.8 Å². The van der Waals surface area contributed by atoms with Gasteiger partial charge in [0.2, 0.25) is 0 Å². The lowest BCUT2D eigenvalue weighted by Gasteiger charge is -2.36. The monoisotopic (exact) mass is 408 g/mol. The van der Waals surface area contributed by atoms with E-state index >= 15 is 0 Å². The molecular weight excluding hydrogens is 384 g/mol. The second-order valence-electron chi connectivity index (χ2n) is 8.41. The summed E-state index contributed by atoms with van der Waals surface area (Å²) in [6.45, 7) is 9.83. The third-order valence-electron chi connectivity index (χ3n) is 6.11. The molecule has 1 aromatic carbocycles. The number of hydrogen-bond donors (Lipinski definition) is 1. The van der Waals surface area contributed by atoms with Crippen molar-refractivity contribution < 1.29 is 23.9 Å². The highest BCUT2D eigenvalue weighted by Gasteiger charge is 2.45. The van der Waals surface area contributed by atoms with Crippen LogP contribution in [0.2, 0.25) is 0 Å². The molecule has 1 N–H and O–H groups in total. The minimum absolute atomic E-state index is 0.203. The molecule has 3 rings (SSSR count). The van der Waals surface area contributed by atoms with E-state index < -0.39 is 22.9 Å². The summed E-state index contributed by atoms with van der Waals surface area (Å²) in [4.78, 5) is 49.9. The average Bonchev–Trinajstić information content (AvgIpc) is 2.63. The highest BCUT2D eigenvalue weighted by atomic mass is 16.4. The molecule has 6 nitrogen and oxygen atoms in total. The first-order valence-electron chi connectivity index (χ1n) is 9.63. The Labute approximate surface area is 173 Å². The summed E-state index contributed by atoms with van der Waals surface area (Å²) in [5, 5.41) is 10.8. The summed E-state index contributed by atoms with van der Waals surface area (Å²) in [5.74, 6) is -2.84. The molecule has 0 spiro atoms. The minimum atomic E-state index is -1.19. The van der Waals surface area contributed by atoms with E-state index in [0.717, 1.165) is 5.56 Å². The van der Waals surface area contributed by atoms with Crippen LogP contribution >= 0.6 is 0 Å². The maximum absolute atomic E-state index is 13.1. The van der Waals surface area contributed by atoms with Gasteiger partial charge in [-0.1, -0.05) is 26.0 Å². The Hall–Kier alpha value is -3.28. The molecule has 1 aromatic heterocycles. The Morgan fingerprint density at radius 3 is 2.13 bits per heavy atom. The molecule has 1 heterocycles. The Balaban J connectivity index is 2.23. The first-order valence-corrected chi connectivity index (χ1v) is 9.63. The van der Waals surface area contributed by atoms with Crippen LogP contribution in [0.4, 0.5) is 0 Å². The largest absolute Gasteiger partial charge is 0.481 e. The number of Topliss-reactive ketones (excluding diaryl/α,β-unsaturated/α-hetero) is 2. The Bertz CT molecular complexity index is 1240. The molecule has 0 aliphatic heterocycles. The summed E-state index contributed by atoms with van der Waals surface area (Å²) < 4.78 is 5.27. The number of fused-ring (bicyclic) bond motifs is 1. The Kier molecular flexibility index (Phi) is 5.14. The molecule has 0 fully saturated rings. The molecule has 156 valence electrons. The van der Waals surface area contributed by atoms with Crippen molar-refractivity contribution >= 4 is 28.5 Å². The van der Waals surface area contributed by atoms with Gasteiger partial charge in [-0.3, -0.25) is 14.4 Å². The van der Waals surface area contributed by atoms with Crippen molar-refractivity contribution in [1.29, 1.82) is 0 Å². The van der Waals surface area contributed by atoms with Crippen molar-refractivity contribution in [3.63, 3.8) is 0 Å². The number of carboxylic acid groups (broad SMARTS) is 1. The maximum Gasteiger partial charge on any atom is 0.336 e. The number of rotatable bonds is 4. The van der Waals surface area contributed by atoms with Gasteiger partial charge in [-0.15, -0.1) is 0 Å². The number of aliphatic carboxylic acids is 1. The Morgan fingerprint density at radius 1 is 0.933 bits per heavy atom. The normalized spacial score (nSPS) is 16.5.